The van der Waals surface area contributed by atoms with Crippen LogP contribution in [0.1, 0.15) is 16.8 Å². The number of aromatic nitrogens is 2. The zero-order valence-electron chi connectivity index (χ0n) is 11.2. The molecule has 0 fully saturated rings. The molecule has 0 aliphatic heterocycles. The number of anilines is 2. The molecular formula is C13H14F3N5. The summed E-state index contributed by atoms with van der Waals surface area (Å²) in [5.74, 6) is 4.85. The van der Waals surface area contributed by atoms with E-state index in [0.717, 1.165) is 17.2 Å². The fraction of sp³-hybridized carbons (Fsp3) is 0.231. The number of nitrogens with zero attached hydrogens (tertiary/aromatic N) is 2. The Morgan fingerprint density at radius 3 is 2.52 bits per heavy atom. The number of hydrazine groups is 1. The highest BCUT2D eigenvalue weighted by Gasteiger charge is 2.33. The van der Waals surface area contributed by atoms with Gasteiger partial charge in [-0.3, -0.25) is 5.43 Å². The van der Waals surface area contributed by atoms with Crippen molar-refractivity contribution in [3.05, 3.63) is 47.2 Å². The largest absolute Gasteiger partial charge is 0.433 e. The van der Waals surface area contributed by atoms with Gasteiger partial charge in [0.1, 0.15) is 5.82 Å². The van der Waals surface area contributed by atoms with Crippen molar-refractivity contribution >= 4 is 11.8 Å². The number of nitrogens with one attached hydrogen (secondary N) is 2. The number of nitrogens with two attached hydrogens (primary N) is 1. The SMILES string of the molecule is Cc1ccccc1CNc1cc(C(F)(F)F)nc(NN)n1. The van der Waals surface area contributed by atoms with Crippen molar-refractivity contribution in [1.82, 2.24) is 9.97 Å². The second-order valence-corrected chi connectivity index (χ2v) is 4.38. The Kier molecular flexibility index (Phi) is 4.27. The lowest BCUT2D eigenvalue weighted by Gasteiger charge is -2.12. The Morgan fingerprint density at radius 2 is 1.90 bits per heavy atom. The maximum absolute atomic E-state index is 12.7. The fourth-order valence-electron chi connectivity index (χ4n) is 1.74. The summed E-state index contributed by atoms with van der Waals surface area (Å²) in [7, 11) is 0. The molecule has 1 aromatic heterocycles. The molecular weight excluding hydrogens is 283 g/mol. The maximum Gasteiger partial charge on any atom is 0.433 e. The minimum atomic E-state index is -4.56. The highest BCUT2D eigenvalue weighted by molar-refractivity contribution is 5.43. The third kappa shape index (κ3) is 3.82. The van der Waals surface area contributed by atoms with Crippen LogP contribution in [0.3, 0.4) is 0 Å². The number of alkyl halides is 3. The molecule has 0 amide bonds. The summed E-state index contributed by atoms with van der Waals surface area (Å²) in [5, 5.41) is 2.84. The number of rotatable bonds is 4. The van der Waals surface area contributed by atoms with Gasteiger partial charge >= 0.3 is 6.18 Å². The van der Waals surface area contributed by atoms with Gasteiger partial charge < -0.3 is 5.32 Å². The number of hydrogen-bond acceptors (Lipinski definition) is 5. The van der Waals surface area contributed by atoms with Crippen molar-refractivity contribution in [2.45, 2.75) is 19.6 Å². The Labute approximate surface area is 119 Å². The summed E-state index contributed by atoms with van der Waals surface area (Å²) in [6, 6.07) is 8.40. The van der Waals surface area contributed by atoms with Crippen molar-refractivity contribution < 1.29 is 13.2 Å². The topological polar surface area (TPSA) is 75.9 Å². The van der Waals surface area contributed by atoms with Crippen LogP contribution in [0.2, 0.25) is 0 Å². The number of benzene rings is 1. The average Bonchev–Trinajstić information content (AvgIpc) is 2.45. The van der Waals surface area contributed by atoms with E-state index in [4.69, 9.17) is 5.84 Å². The van der Waals surface area contributed by atoms with Crippen LogP contribution < -0.4 is 16.6 Å². The average molecular weight is 297 g/mol. The molecule has 1 aromatic carbocycles. The van der Waals surface area contributed by atoms with Gasteiger partial charge in [-0.25, -0.2) is 10.8 Å². The van der Waals surface area contributed by atoms with Crippen LogP contribution in [-0.2, 0) is 12.7 Å². The minimum absolute atomic E-state index is 0.0496. The first kappa shape index (κ1) is 15.0. The predicted octanol–water partition coefficient (Wildman–Crippen LogP) is 2.70. The lowest BCUT2D eigenvalue weighted by atomic mass is 10.1. The van der Waals surface area contributed by atoms with Crippen molar-refractivity contribution in [2.75, 3.05) is 10.7 Å². The van der Waals surface area contributed by atoms with Crippen LogP contribution in [-0.4, -0.2) is 9.97 Å². The Hall–Kier alpha value is -2.35. The van der Waals surface area contributed by atoms with Crippen LogP contribution in [0.5, 0.6) is 0 Å². The lowest BCUT2D eigenvalue weighted by molar-refractivity contribution is -0.141. The zero-order chi connectivity index (χ0) is 15.5. The Bertz CT molecular complexity index is 627. The summed E-state index contributed by atoms with van der Waals surface area (Å²) in [6.07, 6.45) is -4.56. The number of halogens is 3. The Morgan fingerprint density at radius 1 is 1.19 bits per heavy atom. The molecule has 112 valence electrons. The van der Waals surface area contributed by atoms with Crippen LogP contribution in [0.15, 0.2) is 30.3 Å². The summed E-state index contributed by atoms with van der Waals surface area (Å²) in [5.41, 5.74) is 2.97. The first-order chi connectivity index (χ1) is 9.90. The Balaban J connectivity index is 2.22. The molecule has 5 nitrogen and oxygen atoms in total. The van der Waals surface area contributed by atoms with Gasteiger partial charge in [0.2, 0.25) is 5.95 Å². The van der Waals surface area contributed by atoms with Crippen molar-refractivity contribution in [2.24, 2.45) is 5.84 Å². The second-order valence-electron chi connectivity index (χ2n) is 4.38. The van der Waals surface area contributed by atoms with Gasteiger partial charge in [-0.1, -0.05) is 24.3 Å². The van der Waals surface area contributed by atoms with E-state index in [1.807, 2.05) is 36.6 Å². The molecule has 8 heteroatoms. The molecule has 0 saturated heterocycles. The van der Waals surface area contributed by atoms with Crippen molar-refractivity contribution in [3.8, 4) is 0 Å². The molecule has 21 heavy (non-hydrogen) atoms. The van der Waals surface area contributed by atoms with Gasteiger partial charge in [-0.15, -0.1) is 0 Å². The molecule has 2 aromatic rings. The highest BCUT2D eigenvalue weighted by Crippen LogP contribution is 2.29. The quantitative estimate of drug-likeness (QED) is 0.597. The van der Waals surface area contributed by atoms with Gasteiger partial charge in [0, 0.05) is 12.6 Å². The van der Waals surface area contributed by atoms with Crippen LogP contribution in [0.25, 0.3) is 0 Å². The summed E-state index contributed by atoms with van der Waals surface area (Å²) < 4.78 is 38.2. The highest BCUT2D eigenvalue weighted by atomic mass is 19.4. The van der Waals surface area contributed by atoms with Gasteiger partial charge in [0.15, 0.2) is 5.69 Å². The predicted molar refractivity (Wildman–Crippen MR) is 73.3 cm³/mol. The molecule has 0 unspecified atom stereocenters. The molecule has 0 aliphatic rings. The molecule has 2 rings (SSSR count). The zero-order valence-corrected chi connectivity index (χ0v) is 11.2. The second kappa shape index (κ2) is 5.96. The molecule has 0 radical (unpaired) electrons. The van der Waals surface area contributed by atoms with E-state index >= 15 is 0 Å². The first-order valence-electron chi connectivity index (χ1n) is 6.11. The van der Waals surface area contributed by atoms with Gasteiger partial charge in [-0.2, -0.15) is 18.2 Å². The maximum atomic E-state index is 12.7. The molecule has 0 aliphatic carbocycles. The van der Waals surface area contributed by atoms with Crippen molar-refractivity contribution in [1.29, 1.82) is 0 Å². The smallest absolute Gasteiger partial charge is 0.366 e. The standard InChI is InChI=1S/C13H14F3N5/c1-8-4-2-3-5-9(8)7-18-11-6-10(13(14,15)16)19-12(20-11)21-17/h2-6H,7,17H2,1H3,(H2,18,19,20,21). The fourth-order valence-corrected chi connectivity index (χ4v) is 1.74. The molecule has 0 bridgehead atoms. The normalized spacial score (nSPS) is 11.3. The van der Waals surface area contributed by atoms with Gasteiger partial charge in [0.25, 0.3) is 0 Å². The molecule has 0 saturated carbocycles. The monoisotopic (exact) mass is 297 g/mol. The van der Waals surface area contributed by atoms with E-state index in [2.05, 4.69) is 15.3 Å². The van der Waals surface area contributed by atoms with E-state index in [1.165, 1.54) is 0 Å². The van der Waals surface area contributed by atoms with E-state index in [9.17, 15) is 13.2 Å². The molecule has 4 N–H and O–H groups in total. The van der Waals surface area contributed by atoms with E-state index < -0.39 is 11.9 Å². The van der Waals surface area contributed by atoms with E-state index in [0.29, 0.717) is 6.54 Å². The van der Waals surface area contributed by atoms with Gasteiger partial charge in [-0.05, 0) is 18.1 Å². The van der Waals surface area contributed by atoms with Crippen LogP contribution in [0, 0.1) is 6.92 Å². The van der Waals surface area contributed by atoms with E-state index in [-0.39, 0.29) is 11.8 Å². The van der Waals surface area contributed by atoms with Crippen molar-refractivity contribution in [3.63, 3.8) is 0 Å². The van der Waals surface area contributed by atoms with E-state index in [1.54, 1.807) is 0 Å². The summed E-state index contributed by atoms with van der Waals surface area (Å²) in [4.78, 5) is 7.14. The number of aryl methyl sites for hydroxylation is 1. The first-order valence-corrected chi connectivity index (χ1v) is 6.11. The molecule has 1 heterocycles. The third-order valence-corrected chi connectivity index (χ3v) is 2.87. The minimum Gasteiger partial charge on any atom is -0.366 e. The van der Waals surface area contributed by atoms with Crippen LogP contribution in [0.4, 0.5) is 24.9 Å². The third-order valence-electron chi connectivity index (χ3n) is 2.87. The van der Waals surface area contributed by atoms with Gasteiger partial charge in [0.05, 0.1) is 0 Å². The van der Waals surface area contributed by atoms with Crippen LogP contribution >= 0.6 is 0 Å². The molecule has 0 spiro atoms. The molecule has 0 atom stereocenters. The lowest BCUT2D eigenvalue weighted by Crippen LogP contribution is -2.17. The number of hydrogen-bond donors (Lipinski definition) is 3. The number of nitrogen functional groups attached to an aromatic ring is 1. The summed E-state index contributed by atoms with van der Waals surface area (Å²) >= 11 is 0. The summed E-state index contributed by atoms with van der Waals surface area (Å²) in [6.45, 7) is 2.27.